The number of hydrogen-bond donors (Lipinski definition) is 2. The summed E-state index contributed by atoms with van der Waals surface area (Å²) in [5, 5.41) is 14.1. The summed E-state index contributed by atoms with van der Waals surface area (Å²) in [4.78, 5) is 26.3. The first-order chi connectivity index (χ1) is 15.5. The summed E-state index contributed by atoms with van der Waals surface area (Å²) < 4.78 is 6.16. The average molecular weight is 437 g/mol. The van der Waals surface area contributed by atoms with Gasteiger partial charge in [-0.05, 0) is 36.1 Å². The minimum absolute atomic E-state index is 0.00310. The maximum absolute atomic E-state index is 13.0. The van der Waals surface area contributed by atoms with Crippen molar-refractivity contribution in [3.63, 3.8) is 0 Å². The van der Waals surface area contributed by atoms with E-state index in [-0.39, 0.29) is 30.3 Å². The number of ketones is 1. The van der Waals surface area contributed by atoms with Crippen molar-refractivity contribution < 1.29 is 19.4 Å². The lowest BCUT2D eigenvalue weighted by atomic mass is 9.90. The van der Waals surface area contributed by atoms with Crippen LogP contribution in [0.5, 0.6) is 5.75 Å². The van der Waals surface area contributed by atoms with Crippen molar-refractivity contribution >= 4 is 11.7 Å². The van der Waals surface area contributed by atoms with Crippen molar-refractivity contribution in [1.29, 1.82) is 0 Å². The number of hydrogen-bond acceptors (Lipinski definition) is 5. The molecule has 6 heteroatoms. The molecule has 2 aromatic carbocycles. The smallest absolute Gasteiger partial charge is 0.219 e. The number of aliphatic hydroxyl groups is 1. The van der Waals surface area contributed by atoms with Crippen molar-refractivity contribution in [2.24, 2.45) is 0 Å². The molecule has 0 aliphatic carbocycles. The topological polar surface area (TPSA) is 78.9 Å². The highest BCUT2D eigenvalue weighted by molar-refractivity contribution is 5.98. The minimum Gasteiger partial charge on any atom is -0.490 e. The molecule has 1 saturated heterocycles. The lowest BCUT2D eigenvalue weighted by Crippen LogP contribution is -2.44. The Hall–Kier alpha value is -2.70. The Bertz CT molecular complexity index is 952. The van der Waals surface area contributed by atoms with Crippen LogP contribution in [-0.4, -0.2) is 53.0 Å². The monoisotopic (exact) mass is 436 g/mol. The van der Waals surface area contributed by atoms with E-state index in [1.54, 1.807) is 13.0 Å². The second-order valence-corrected chi connectivity index (χ2v) is 8.81. The second-order valence-electron chi connectivity index (χ2n) is 8.81. The van der Waals surface area contributed by atoms with E-state index in [1.165, 1.54) is 11.1 Å². The summed E-state index contributed by atoms with van der Waals surface area (Å²) in [6, 6.07) is 15.6. The van der Waals surface area contributed by atoms with Crippen molar-refractivity contribution in [3.05, 3.63) is 65.2 Å². The average Bonchev–Trinajstić information content (AvgIpc) is 2.82. The number of carbonyl (C=O) groups excluding carboxylic acids is 2. The molecule has 2 heterocycles. The Morgan fingerprint density at radius 1 is 1.09 bits per heavy atom. The third-order valence-electron chi connectivity index (χ3n) is 6.61. The predicted molar refractivity (Wildman–Crippen MR) is 123 cm³/mol. The quantitative estimate of drug-likeness (QED) is 0.652. The third-order valence-corrected chi connectivity index (χ3v) is 6.61. The molecule has 0 aromatic heterocycles. The van der Waals surface area contributed by atoms with E-state index in [0.29, 0.717) is 30.8 Å². The molecule has 1 fully saturated rings. The van der Waals surface area contributed by atoms with Gasteiger partial charge in [0.25, 0.3) is 0 Å². The van der Waals surface area contributed by atoms with Gasteiger partial charge in [0.2, 0.25) is 5.91 Å². The Morgan fingerprint density at radius 3 is 2.53 bits per heavy atom. The van der Waals surface area contributed by atoms with E-state index in [0.717, 1.165) is 25.8 Å². The largest absolute Gasteiger partial charge is 0.490 e. The highest BCUT2D eigenvalue weighted by Gasteiger charge is 2.26. The second kappa shape index (κ2) is 10.3. The van der Waals surface area contributed by atoms with Gasteiger partial charge in [-0.15, -0.1) is 0 Å². The fourth-order valence-corrected chi connectivity index (χ4v) is 4.63. The number of amides is 1. The van der Waals surface area contributed by atoms with Gasteiger partial charge in [0.1, 0.15) is 11.9 Å². The number of nitrogens with one attached hydrogen (secondary N) is 1. The molecular formula is C26H32N2O4. The lowest BCUT2D eigenvalue weighted by molar-refractivity contribution is -0.130. The molecule has 1 amide bonds. The number of likely N-dealkylation sites (tertiary alicyclic amines) is 1. The highest BCUT2D eigenvalue weighted by Crippen LogP contribution is 2.26. The number of Topliss-reactive ketones (excluding diaryl/α,β-unsaturated/α-hetero) is 1. The summed E-state index contributed by atoms with van der Waals surface area (Å²) in [6.07, 6.45) is 2.37. The number of para-hydroxylation sites is 1. The first-order valence-corrected chi connectivity index (χ1v) is 11.5. The third kappa shape index (κ3) is 5.37. The summed E-state index contributed by atoms with van der Waals surface area (Å²) >= 11 is 0. The standard InChI is InChI=1S/C26H32N2O4/c1-18(29)28-14-12-21(13-15-28)32-26-9-5-4-8-22(26)24(30)10-11-25(31)23-16-19-6-2-3-7-20(19)17-27-23/h2-9,21,23,25,27,31H,10-17H2,1H3/t23-,25+/m0/s1. The first-order valence-electron chi connectivity index (χ1n) is 11.5. The van der Waals surface area contributed by atoms with E-state index < -0.39 is 6.10 Å². The minimum atomic E-state index is -0.587. The van der Waals surface area contributed by atoms with Gasteiger partial charge in [-0.25, -0.2) is 0 Å². The van der Waals surface area contributed by atoms with Gasteiger partial charge in [0.05, 0.1) is 11.7 Å². The van der Waals surface area contributed by atoms with Crippen LogP contribution in [0, 0.1) is 0 Å². The van der Waals surface area contributed by atoms with Crippen molar-refractivity contribution in [2.45, 2.75) is 63.8 Å². The van der Waals surface area contributed by atoms with E-state index in [9.17, 15) is 14.7 Å². The maximum Gasteiger partial charge on any atom is 0.219 e. The Morgan fingerprint density at radius 2 is 1.78 bits per heavy atom. The fraction of sp³-hybridized carbons (Fsp3) is 0.462. The van der Waals surface area contributed by atoms with E-state index in [4.69, 9.17) is 4.74 Å². The number of fused-ring (bicyclic) bond motifs is 1. The number of rotatable bonds is 7. The molecule has 0 saturated carbocycles. The van der Waals surface area contributed by atoms with E-state index >= 15 is 0 Å². The Kier molecular flexibility index (Phi) is 7.22. The van der Waals surface area contributed by atoms with E-state index in [2.05, 4.69) is 17.4 Å². The molecule has 2 atom stereocenters. The van der Waals surface area contributed by atoms with Crippen molar-refractivity contribution in [1.82, 2.24) is 10.2 Å². The molecule has 4 rings (SSSR count). The van der Waals surface area contributed by atoms with Crippen molar-refractivity contribution in [3.8, 4) is 5.75 Å². The lowest BCUT2D eigenvalue weighted by Gasteiger charge is -2.32. The van der Waals surface area contributed by atoms with Gasteiger partial charge < -0.3 is 20.1 Å². The number of piperidine rings is 1. The summed E-state index contributed by atoms with van der Waals surface area (Å²) in [7, 11) is 0. The summed E-state index contributed by atoms with van der Waals surface area (Å²) in [6.45, 7) is 3.69. The zero-order chi connectivity index (χ0) is 22.5. The van der Waals surface area contributed by atoms with Crippen LogP contribution in [0.1, 0.15) is 54.1 Å². The summed E-state index contributed by atoms with van der Waals surface area (Å²) in [5.41, 5.74) is 3.10. The highest BCUT2D eigenvalue weighted by atomic mass is 16.5. The van der Waals surface area contributed by atoms with Gasteiger partial charge >= 0.3 is 0 Å². The van der Waals surface area contributed by atoms with Crippen LogP contribution in [-0.2, 0) is 17.8 Å². The van der Waals surface area contributed by atoms with Crippen LogP contribution in [0.25, 0.3) is 0 Å². The van der Waals surface area contributed by atoms with Crippen LogP contribution in [0.15, 0.2) is 48.5 Å². The molecule has 32 heavy (non-hydrogen) atoms. The fourth-order valence-electron chi connectivity index (χ4n) is 4.63. The van der Waals surface area contributed by atoms with Crippen LogP contribution in [0.2, 0.25) is 0 Å². The molecule has 6 nitrogen and oxygen atoms in total. The molecule has 2 aliphatic heterocycles. The maximum atomic E-state index is 13.0. The zero-order valence-corrected chi connectivity index (χ0v) is 18.6. The number of benzene rings is 2. The van der Waals surface area contributed by atoms with Crippen LogP contribution >= 0.6 is 0 Å². The molecule has 0 bridgehead atoms. The molecular weight excluding hydrogens is 404 g/mol. The number of ether oxygens (including phenoxy) is 1. The Balaban J connectivity index is 1.32. The molecule has 170 valence electrons. The Labute approximate surface area is 189 Å². The van der Waals surface area contributed by atoms with Crippen LogP contribution in [0.4, 0.5) is 0 Å². The van der Waals surface area contributed by atoms with Gasteiger partial charge in [0, 0.05) is 51.9 Å². The van der Waals surface area contributed by atoms with Gasteiger partial charge in [-0.1, -0.05) is 36.4 Å². The zero-order valence-electron chi connectivity index (χ0n) is 18.6. The molecule has 2 N–H and O–H groups in total. The number of nitrogens with zero attached hydrogens (tertiary/aromatic N) is 1. The molecule has 0 unspecified atom stereocenters. The van der Waals surface area contributed by atoms with Crippen molar-refractivity contribution in [2.75, 3.05) is 13.1 Å². The van der Waals surface area contributed by atoms with Gasteiger partial charge in [0.15, 0.2) is 5.78 Å². The summed E-state index contributed by atoms with van der Waals surface area (Å²) in [5.74, 6) is 0.670. The molecule has 2 aliphatic rings. The van der Waals surface area contributed by atoms with Gasteiger partial charge in [-0.3, -0.25) is 9.59 Å². The van der Waals surface area contributed by atoms with Gasteiger partial charge in [-0.2, -0.15) is 0 Å². The van der Waals surface area contributed by atoms with Crippen LogP contribution in [0.3, 0.4) is 0 Å². The number of carbonyl (C=O) groups is 2. The van der Waals surface area contributed by atoms with E-state index in [1.807, 2.05) is 35.2 Å². The number of aliphatic hydroxyl groups excluding tert-OH is 1. The molecule has 0 spiro atoms. The molecule has 0 radical (unpaired) electrons. The van der Waals surface area contributed by atoms with Crippen LogP contribution < -0.4 is 10.1 Å². The first kappa shape index (κ1) is 22.5. The molecule has 2 aromatic rings. The predicted octanol–water partition coefficient (Wildman–Crippen LogP) is 3.11. The SMILES string of the molecule is CC(=O)N1CCC(Oc2ccccc2C(=O)CC[C@@H](O)[C@@H]2Cc3ccccc3CN2)CC1. The normalized spacial score (nSPS) is 19.8.